The maximum absolute atomic E-state index is 4.09. The van der Waals surface area contributed by atoms with Crippen LogP contribution in [0.4, 0.5) is 11.4 Å². The molecule has 1 aromatic rings. The molecule has 2 N–H and O–H groups in total. The van der Waals surface area contributed by atoms with Gasteiger partial charge in [-0.2, -0.15) is 0 Å². The zero-order chi connectivity index (χ0) is 14.9. The number of rotatable bonds is 5. The Morgan fingerprint density at radius 1 is 1.43 bits per heavy atom. The molecule has 1 saturated carbocycles. The van der Waals surface area contributed by atoms with Gasteiger partial charge in [0.1, 0.15) is 0 Å². The second-order valence-electron chi connectivity index (χ2n) is 6.61. The Morgan fingerprint density at radius 2 is 2.24 bits per heavy atom. The van der Waals surface area contributed by atoms with Crippen LogP contribution in [0.5, 0.6) is 0 Å². The number of hydrogen-bond donors (Lipinski definition) is 2. The molecule has 3 heteroatoms. The van der Waals surface area contributed by atoms with E-state index in [0.29, 0.717) is 5.54 Å². The lowest BCUT2D eigenvalue weighted by Crippen LogP contribution is -2.52. The van der Waals surface area contributed by atoms with Crippen molar-refractivity contribution in [1.82, 2.24) is 5.32 Å². The fraction of sp³-hybridized carbons (Fsp3) is 0.556. The van der Waals surface area contributed by atoms with Gasteiger partial charge >= 0.3 is 0 Å². The first-order valence-electron chi connectivity index (χ1n) is 8.17. The van der Waals surface area contributed by atoms with Gasteiger partial charge in [-0.25, -0.2) is 0 Å². The highest BCUT2D eigenvalue weighted by Crippen LogP contribution is 2.39. The van der Waals surface area contributed by atoms with Gasteiger partial charge in [0.2, 0.25) is 0 Å². The summed E-state index contributed by atoms with van der Waals surface area (Å²) in [4.78, 5) is 2.53. The molecule has 0 bridgehead atoms. The summed E-state index contributed by atoms with van der Waals surface area (Å²) in [6, 6.07) is 6.76. The number of piperazine rings is 1. The normalized spacial score (nSPS) is 19.6. The van der Waals surface area contributed by atoms with Crippen LogP contribution < -0.4 is 15.5 Å². The number of anilines is 2. The Bertz CT molecular complexity index is 531. The summed E-state index contributed by atoms with van der Waals surface area (Å²) in [7, 11) is 0. The second-order valence-corrected chi connectivity index (χ2v) is 6.61. The van der Waals surface area contributed by atoms with Crippen molar-refractivity contribution in [2.45, 2.75) is 45.1 Å². The largest absolute Gasteiger partial charge is 0.368 e. The van der Waals surface area contributed by atoms with Crippen LogP contribution in [-0.2, 0) is 0 Å². The molecule has 1 heterocycles. The summed E-state index contributed by atoms with van der Waals surface area (Å²) in [6.07, 6.45) is 4.82. The molecule has 0 radical (unpaired) electrons. The minimum Gasteiger partial charge on any atom is -0.368 e. The highest BCUT2D eigenvalue weighted by Gasteiger charge is 2.45. The van der Waals surface area contributed by atoms with Gasteiger partial charge < -0.3 is 15.5 Å². The third-order valence-electron chi connectivity index (χ3n) is 4.67. The Labute approximate surface area is 128 Å². The molecule has 1 aliphatic carbocycles. The van der Waals surface area contributed by atoms with Gasteiger partial charge in [-0.1, -0.05) is 19.9 Å². The van der Waals surface area contributed by atoms with Crippen molar-refractivity contribution in [3.05, 3.63) is 36.0 Å². The summed E-state index contributed by atoms with van der Waals surface area (Å²) in [6.45, 7) is 11.8. The van der Waals surface area contributed by atoms with E-state index in [0.717, 1.165) is 38.2 Å². The summed E-state index contributed by atoms with van der Waals surface area (Å²) >= 11 is 0. The first-order chi connectivity index (χ1) is 10.1. The number of aryl methyl sites for hydroxylation is 1. The number of nitrogens with one attached hydrogen (secondary N) is 2. The maximum atomic E-state index is 4.09. The molecular weight excluding hydrogens is 258 g/mol. The molecule has 1 spiro atoms. The van der Waals surface area contributed by atoms with Crippen LogP contribution in [0.2, 0.25) is 0 Å². The molecule has 1 aromatic carbocycles. The lowest BCUT2D eigenvalue weighted by Gasteiger charge is -2.36. The predicted molar refractivity (Wildman–Crippen MR) is 91.0 cm³/mol. The fourth-order valence-corrected chi connectivity index (χ4v) is 3.20. The van der Waals surface area contributed by atoms with E-state index in [2.05, 4.69) is 54.2 Å². The first-order valence-corrected chi connectivity index (χ1v) is 8.17. The van der Waals surface area contributed by atoms with Crippen molar-refractivity contribution in [3.63, 3.8) is 0 Å². The number of hydrogen-bond acceptors (Lipinski definition) is 3. The van der Waals surface area contributed by atoms with Crippen LogP contribution in [0.1, 0.15) is 38.2 Å². The van der Waals surface area contributed by atoms with Crippen LogP contribution in [0, 0.1) is 6.92 Å². The zero-order valence-electron chi connectivity index (χ0n) is 13.3. The molecule has 0 aromatic heterocycles. The molecule has 114 valence electrons. The molecule has 3 nitrogen and oxygen atoms in total. The minimum absolute atomic E-state index is 0.429. The highest BCUT2D eigenvalue weighted by atomic mass is 15.2. The van der Waals surface area contributed by atoms with Gasteiger partial charge in [0.15, 0.2) is 0 Å². The van der Waals surface area contributed by atoms with Crippen LogP contribution >= 0.6 is 0 Å². The average Bonchev–Trinajstić information content (AvgIpc) is 3.20. The molecule has 3 rings (SSSR count). The minimum atomic E-state index is 0.429. The summed E-state index contributed by atoms with van der Waals surface area (Å²) in [5.74, 6) is 0. The molecule has 1 saturated heterocycles. The molecule has 1 aliphatic heterocycles. The van der Waals surface area contributed by atoms with Crippen LogP contribution in [0.3, 0.4) is 0 Å². The van der Waals surface area contributed by atoms with E-state index in [9.17, 15) is 0 Å². The maximum Gasteiger partial charge on any atom is 0.0412 e. The van der Waals surface area contributed by atoms with E-state index in [1.807, 2.05) is 0 Å². The van der Waals surface area contributed by atoms with E-state index in [1.165, 1.54) is 29.8 Å². The molecule has 2 fully saturated rings. The topological polar surface area (TPSA) is 27.3 Å². The molecule has 2 aliphatic rings. The Hall–Kier alpha value is -1.48. The molecule has 0 amide bonds. The van der Waals surface area contributed by atoms with Crippen LogP contribution in [-0.4, -0.2) is 25.2 Å². The Kier molecular flexibility index (Phi) is 3.94. The van der Waals surface area contributed by atoms with Crippen LogP contribution in [0.25, 0.3) is 0 Å². The molecule has 21 heavy (non-hydrogen) atoms. The third-order valence-corrected chi connectivity index (χ3v) is 4.67. The summed E-state index contributed by atoms with van der Waals surface area (Å²) < 4.78 is 0. The summed E-state index contributed by atoms with van der Waals surface area (Å²) in [5, 5.41) is 7.11. The molecule has 0 atom stereocenters. The van der Waals surface area contributed by atoms with E-state index < -0.39 is 0 Å². The van der Waals surface area contributed by atoms with Gasteiger partial charge in [0.05, 0.1) is 0 Å². The van der Waals surface area contributed by atoms with Gasteiger partial charge in [-0.3, -0.25) is 0 Å². The lowest BCUT2D eigenvalue weighted by molar-refractivity contribution is 0.442. The summed E-state index contributed by atoms with van der Waals surface area (Å²) in [5.41, 5.74) is 5.37. The second kappa shape index (κ2) is 5.72. The van der Waals surface area contributed by atoms with Crippen molar-refractivity contribution in [2.24, 2.45) is 0 Å². The third kappa shape index (κ3) is 3.24. The van der Waals surface area contributed by atoms with Gasteiger partial charge in [0.25, 0.3) is 0 Å². The SMILES string of the molecule is C=C(CCC)Nc1ccc(N2CCNC3(CC3)C2)cc1C. The average molecular weight is 285 g/mol. The molecular formula is C18H27N3. The van der Waals surface area contributed by atoms with Gasteiger partial charge in [-0.05, 0) is 49.9 Å². The number of allylic oxidation sites excluding steroid dienone is 1. The smallest absolute Gasteiger partial charge is 0.0412 e. The Balaban J connectivity index is 1.70. The quantitative estimate of drug-likeness (QED) is 0.864. The molecule has 0 unspecified atom stereocenters. The van der Waals surface area contributed by atoms with E-state index in [4.69, 9.17) is 0 Å². The van der Waals surface area contributed by atoms with E-state index in [1.54, 1.807) is 0 Å². The van der Waals surface area contributed by atoms with E-state index >= 15 is 0 Å². The number of nitrogens with zero attached hydrogens (tertiary/aromatic N) is 1. The van der Waals surface area contributed by atoms with Gasteiger partial charge in [-0.15, -0.1) is 0 Å². The number of benzene rings is 1. The first kappa shape index (κ1) is 14.5. The predicted octanol–water partition coefficient (Wildman–Crippen LogP) is 3.66. The van der Waals surface area contributed by atoms with Crippen molar-refractivity contribution >= 4 is 11.4 Å². The monoisotopic (exact) mass is 285 g/mol. The fourth-order valence-electron chi connectivity index (χ4n) is 3.20. The van der Waals surface area contributed by atoms with Crippen molar-refractivity contribution in [3.8, 4) is 0 Å². The van der Waals surface area contributed by atoms with Gasteiger partial charge in [0, 0.05) is 42.2 Å². The Morgan fingerprint density at radius 3 is 2.90 bits per heavy atom. The zero-order valence-corrected chi connectivity index (χ0v) is 13.3. The van der Waals surface area contributed by atoms with Crippen LogP contribution in [0.15, 0.2) is 30.5 Å². The van der Waals surface area contributed by atoms with E-state index in [-0.39, 0.29) is 0 Å². The van der Waals surface area contributed by atoms with Crippen molar-refractivity contribution < 1.29 is 0 Å². The lowest BCUT2D eigenvalue weighted by atomic mass is 10.1. The van der Waals surface area contributed by atoms with Crippen molar-refractivity contribution in [2.75, 3.05) is 29.9 Å². The standard InChI is InChI=1S/C18H27N3/c1-4-5-15(3)20-17-7-6-16(12-14(17)2)21-11-10-19-18(13-21)8-9-18/h6-7,12,19-20H,3-5,8-11,13H2,1-2H3. The van der Waals surface area contributed by atoms with Crippen molar-refractivity contribution in [1.29, 1.82) is 0 Å². The highest BCUT2D eigenvalue weighted by molar-refractivity contribution is 5.62.